The third-order valence-electron chi connectivity index (χ3n) is 4.10. The van der Waals surface area contributed by atoms with Crippen LogP contribution in [0.2, 0.25) is 0 Å². The maximum Gasteiger partial charge on any atom is 0.294 e. The van der Waals surface area contributed by atoms with Gasteiger partial charge in [0.1, 0.15) is 5.69 Å². The van der Waals surface area contributed by atoms with Crippen molar-refractivity contribution in [1.29, 1.82) is 0 Å². The molecule has 29 heavy (non-hydrogen) atoms. The van der Waals surface area contributed by atoms with Crippen LogP contribution in [-0.4, -0.2) is 37.4 Å². The Morgan fingerprint density at radius 1 is 1.31 bits per heavy atom. The SMILES string of the molecule is CCc1ccc(C=NNC(=O)c2nnn(-c3nonc3N)c2-c2cccs2)cc1. The van der Waals surface area contributed by atoms with Gasteiger partial charge in [0, 0.05) is 0 Å². The van der Waals surface area contributed by atoms with Crippen molar-refractivity contribution >= 4 is 29.3 Å². The van der Waals surface area contributed by atoms with E-state index in [-0.39, 0.29) is 17.3 Å². The zero-order valence-corrected chi connectivity index (χ0v) is 16.1. The van der Waals surface area contributed by atoms with Gasteiger partial charge in [-0.05, 0) is 39.3 Å². The number of benzene rings is 1. The molecule has 146 valence electrons. The first kappa shape index (κ1) is 18.5. The van der Waals surface area contributed by atoms with Gasteiger partial charge < -0.3 is 5.73 Å². The van der Waals surface area contributed by atoms with Crippen LogP contribution in [0.3, 0.4) is 0 Å². The second kappa shape index (κ2) is 8.02. The quantitative estimate of drug-likeness (QED) is 0.369. The van der Waals surface area contributed by atoms with Gasteiger partial charge in [-0.15, -0.1) is 16.4 Å². The molecular weight excluding hydrogens is 392 g/mol. The van der Waals surface area contributed by atoms with Crippen LogP contribution >= 0.6 is 11.3 Å². The van der Waals surface area contributed by atoms with Crippen molar-refractivity contribution in [2.24, 2.45) is 5.10 Å². The molecule has 1 amide bonds. The van der Waals surface area contributed by atoms with E-state index in [1.165, 1.54) is 21.6 Å². The summed E-state index contributed by atoms with van der Waals surface area (Å²) in [4.78, 5) is 13.4. The lowest BCUT2D eigenvalue weighted by molar-refractivity contribution is 0.0951. The molecule has 0 saturated heterocycles. The number of carbonyl (C=O) groups excluding carboxylic acids is 1. The number of hydrogen-bond acceptors (Lipinski definition) is 9. The fraction of sp³-hybridized carbons (Fsp3) is 0.111. The van der Waals surface area contributed by atoms with Crippen molar-refractivity contribution < 1.29 is 9.42 Å². The van der Waals surface area contributed by atoms with Gasteiger partial charge in [-0.1, -0.05) is 42.5 Å². The van der Waals surface area contributed by atoms with E-state index in [4.69, 9.17) is 5.73 Å². The predicted octanol–water partition coefficient (Wildman–Crippen LogP) is 2.29. The minimum absolute atomic E-state index is 0.0354. The number of amides is 1. The summed E-state index contributed by atoms with van der Waals surface area (Å²) in [5.74, 6) is -0.330. The molecule has 0 radical (unpaired) electrons. The highest BCUT2D eigenvalue weighted by Gasteiger charge is 2.25. The number of hydrogen-bond donors (Lipinski definition) is 2. The summed E-state index contributed by atoms with van der Waals surface area (Å²) in [5.41, 5.74) is 10.8. The predicted molar refractivity (Wildman–Crippen MR) is 108 cm³/mol. The molecule has 3 N–H and O–H groups in total. The fourth-order valence-electron chi connectivity index (χ4n) is 2.61. The maximum absolute atomic E-state index is 12.7. The summed E-state index contributed by atoms with van der Waals surface area (Å²) in [6.45, 7) is 2.09. The lowest BCUT2D eigenvalue weighted by atomic mass is 10.1. The summed E-state index contributed by atoms with van der Waals surface area (Å²) in [7, 11) is 0. The molecule has 10 nitrogen and oxygen atoms in total. The minimum Gasteiger partial charge on any atom is -0.378 e. The van der Waals surface area contributed by atoms with Crippen molar-refractivity contribution in [1.82, 2.24) is 30.7 Å². The minimum atomic E-state index is -0.517. The van der Waals surface area contributed by atoms with Crippen molar-refractivity contribution in [3.05, 3.63) is 58.6 Å². The highest BCUT2D eigenvalue weighted by molar-refractivity contribution is 7.13. The van der Waals surface area contributed by atoms with Crippen molar-refractivity contribution in [3.8, 4) is 16.4 Å². The van der Waals surface area contributed by atoms with Crippen LogP contribution in [-0.2, 0) is 6.42 Å². The van der Waals surface area contributed by atoms with Crippen LogP contribution in [0.5, 0.6) is 0 Å². The Labute approximate surface area is 169 Å². The van der Waals surface area contributed by atoms with Gasteiger partial charge in [0.2, 0.25) is 11.6 Å². The van der Waals surface area contributed by atoms with E-state index in [0.29, 0.717) is 5.69 Å². The first-order valence-electron chi connectivity index (χ1n) is 8.67. The number of nitrogens with two attached hydrogens (primary N) is 1. The summed E-state index contributed by atoms with van der Waals surface area (Å²) in [5, 5.41) is 21.2. The first-order valence-corrected chi connectivity index (χ1v) is 9.55. The van der Waals surface area contributed by atoms with Crippen LogP contribution in [0, 0.1) is 0 Å². The summed E-state index contributed by atoms with van der Waals surface area (Å²) in [6, 6.07) is 11.6. The largest absolute Gasteiger partial charge is 0.378 e. The van der Waals surface area contributed by atoms with Crippen LogP contribution in [0.25, 0.3) is 16.4 Å². The second-order valence-corrected chi connectivity index (χ2v) is 6.89. The molecule has 4 aromatic rings. The maximum atomic E-state index is 12.7. The Bertz CT molecular complexity index is 1150. The monoisotopic (exact) mass is 408 g/mol. The molecule has 0 fully saturated rings. The molecular formula is C18H16N8O2S. The average molecular weight is 408 g/mol. The van der Waals surface area contributed by atoms with Gasteiger partial charge >= 0.3 is 0 Å². The number of hydrazone groups is 1. The van der Waals surface area contributed by atoms with E-state index in [2.05, 4.69) is 42.7 Å². The van der Waals surface area contributed by atoms with Gasteiger partial charge in [0.15, 0.2) is 5.69 Å². The molecule has 0 bridgehead atoms. The molecule has 11 heteroatoms. The standard InChI is InChI=1S/C18H16N8O2S/c1-2-11-5-7-12(8-6-11)10-20-22-18(27)14-15(13-4-3-9-29-13)26(25-21-14)17-16(19)23-28-24-17/h3-10H,2H2,1H3,(H2,19,23)(H,22,27). The molecule has 0 aliphatic heterocycles. The Morgan fingerprint density at radius 2 is 2.14 bits per heavy atom. The number of nitrogens with one attached hydrogen (secondary N) is 1. The van der Waals surface area contributed by atoms with E-state index in [1.807, 2.05) is 41.8 Å². The van der Waals surface area contributed by atoms with E-state index in [0.717, 1.165) is 16.9 Å². The van der Waals surface area contributed by atoms with Crippen LogP contribution in [0.1, 0.15) is 28.5 Å². The lowest BCUT2D eigenvalue weighted by Gasteiger charge is -2.03. The Morgan fingerprint density at radius 3 is 2.79 bits per heavy atom. The first-order chi connectivity index (χ1) is 14.2. The third-order valence-corrected chi connectivity index (χ3v) is 4.98. The zero-order chi connectivity index (χ0) is 20.2. The van der Waals surface area contributed by atoms with Gasteiger partial charge in [0.25, 0.3) is 5.91 Å². The van der Waals surface area contributed by atoms with Crippen LogP contribution < -0.4 is 11.2 Å². The molecule has 0 spiro atoms. The van der Waals surface area contributed by atoms with E-state index < -0.39 is 5.91 Å². The molecule has 0 unspecified atom stereocenters. The van der Waals surface area contributed by atoms with Crippen molar-refractivity contribution in [3.63, 3.8) is 0 Å². The van der Waals surface area contributed by atoms with Gasteiger partial charge in [0.05, 0.1) is 11.1 Å². The number of nitrogen functional groups attached to an aromatic ring is 1. The Hall–Kier alpha value is -3.86. The number of nitrogens with zero attached hydrogens (tertiary/aromatic N) is 6. The van der Waals surface area contributed by atoms with Gasteiger partial charge in [-0.3, -0.25) is 4.79 Å². The smallest absolute Gasteiger partial charge is 0.294 e. The van der Waals surface area contributed by atoms with Gasteiger partial charge in [-0.2, -0.15) is 9.78 Å². The number of anilines is 1. The molecule has 3 heterocycles. The van der Waals surface area contributed by atoms with Gasteiger partial charge in [-0.25, -0.2) is 10.1 Å². The third kappa shape index (κ3) is 3.75. The van der Waals surface area contributed by atoms with Crippen molar-refractivity contribution in [2.45, 2.75) is 13.3 Å². The van der Waals surface area contributed by atoms with Crippen LogP contribution in [0.15, 0.2) is 51.5 Å². The Balaban J connectivity index is 1.60. The molecule has 0 atom stereocenters. The molecule has 0 saturated carbocycles. The number of aryl methyl sites for hydroxylation is 1. The lowest BCUT2D eigenvalue weighted by Crippen LogP contribution is -2.19. The Kier molecular flexibility index (Phi) is 5.12. The summed E-state index contributed by atoms with van der Waals surface area (Å²) in [6.07, 6.45) is 2.52. The zero-order valence-electron chi connectivity index (χ0n) is 15.3. The normalized spacial score (nSPS) is 11.2. The van der Waals surface area contributed by atoms with E-state index in [1.54, 1.807) is 6.21 Å². The van der Waals surface area contributed by atoms with E-state index >= 15 is 0 Å². The van der Waals surface area contributed by atoms with Crippen molar-refractivity contribution in [2.75, 3.05) is 5.73 Å². The second-order valence-electron chi connectivity index (χ2n) is 5.94. The average Bonchev–Trinajstić information content (AvgIpc) is 3.48. The molecule has 1 aromatic carbocycles. The topological polar surface area (TPSA) is 137 Å². The highest BCUT2D eigenvalue weighted by Crippen LogP contribution is 2.29. The number of thiophene rings is 1. The molecule has 0 aliphatic carbocycles. The molecule has 3 aromatic heterocycles. The summed E-state index contributed by atoms with van der Waals surface area (Å²) < 4.78 is 5.96. The number of carbonyl (C=O) groups is 1. The number of rotatable bonds is 6. The fourth-order valence-corrected chi connectivity index (χ4v) is 3.37. The highest BCUT2D eigenvalue weighted by atomic mass is 32.1. The summed E-state index contributed by atoms with van der Waals surface area (Å²) >= 11 is 1.41. The van der Waals surface area contributed by atoms with Crippen LogP contribution in [0.4, 0.5) is 5.82 Å². The van der Waals surface area contributed by atoms with E-state index in [9.17, 15) is 4.79 Å². The number of aromatic nitrogens is 5. The molecule has 0 aliphatic rings. The molecule has 4 rings (SSSR count).